The summed E-state index contributed by atoms with van der Waals surface area (Å²) in [6.07, 6.45) is -0.997. The van der Waals surface area contributed by atoms with Crippen LogP contribution in [-0.4, -0.2) is 18.8 Å². The van der Waals surface area contributed by atoms with Crippen LogP contribution in [0.4, 0.5) is 18.9 Å². The van der Waals surface area contributed by atoms with Crippen LogP contribution in [0.1, 0.15) is 16.7 Å². The molecule has 25 heavy (non-hydrogen) atoms. The fourth-order valence-electron chi connectivity index (χ4n) is 2.57. The highest BCUT2D eigenvalue weighted by molar-refractivity contribution is 6.42. The Bertz CT molecular complexity index is 858. The van der Waals surface area contributed by atoms with E-state index in [9.17, 15) is 13.2 Å². The zero-order valence-corrected chi connectivity index (χ0v) is 14.4. The van der Waals surface area contributed by atoms with E-state index >= 15 is 0 Å². The number of hydrogen-bond donors (Lipinski definition) is 1. The van der Waals surface area contributed by atoms with Crippen molar-refractivity contribution in [3.05, 3.63) is 69.2 Å². The number of aliphatic imine (C=N–C) groups is 1. The Morgan fingerprint density at radius 2 is 1.84 bits per heavy atom. The van der Waals surface area contributed by atoms with Crippen molar-refractivity contribution in [3.8, 4) is 0 Å². The minimum absolute atomic E-state index is 0.0602. The number of hydrogen-bond acceptors (Lipinski definition) is 2. The summed E-state index contributed by atoms with van der Waals surface area (Å²) < 4.78 is 39.7. The highest BCUT2D eigenvalue weighted by atomic mass is 35.5. The molecule has 0 aliphatic carbocycles. The summed E-state index contributed by atoms with van der Waals surface area (Å²) in [5.74, 6) is 0. The second kappa shape index (κ2) is 7.10. The zero-order valence-electron chi connectivity index (χ0n) is 12.9. The van der Waals surface area contributed by atoms with Crippen LogP contribution < -0.4 is 5.32 Å². The van der Waals surface area contributed by atoms with Crippen molar-refractivity contribution in [1.29, 1.82) is 0 Å². The number of rotatable bonds is 2. The summed E-state index contributed by atoms with van der Waals surface area (Å²) in [7, 11) is 0. The molecule has 0 amide bonds. The third kappa shape index (κ3) is 3.99. The van der Waals surface area contributed by atoms with Gasteiger partial charge in [-0.25, -0.2) is 0 Å². The molecule has 0 atom stereocenters. The summed E-state index contributed by atoms with van der Waals surface area (Å²) in [5, 5.41) is 3.69. The number of nitrogens with zero attached hydrogens (tertiary/aromatic N) is 1. The molecule has 3 rings (SSSR count). The maximum Gasteiger partial charge on any atom is 0.418 e. The predicted octanol–water partition coefficient (Wildman–Crippen LogP) is 5.94. The Morgan fingerprint density at radius 1 is 1.04 bits per heavy atom. The van der Waals surface area contributed by atoms with Gasteiger partial charge in [0.1, 0.15) is 0 Å². The van der Waals surface area contributed by atoms with Crippen molar-refractivity contribution in [3.63, 3.8) is 0 Å². The largest absolute Gasteiger partial charge is 0.418 e. The Hall–Kier alpha value is -1.98. The van der Waals surface area contributed by atoms with Crippen LogP contribution in [0.15, 0.2) is 47.5 Å². The zero-order chi connectivity index (χ0) is 18.0. The third-order valence-corrected chi connectivity index (χ3v) is 4.46. The molecule has 7 heteroatoms. The van der Waals surface area contributed by atoms with E-state index in [2.05, 4.69) is 10.3 Å². The number of fused-ring (bicyclic) bond motifs is 1. The lowest BCUT2D eigenvalue weighted by Gasteiger charge is -2.16. The topological polar surface area (TPSA) is 24.4 Å². The molecule has 2 aromatic rings. The average Bonchev–Trinajstić information content (AvgIpc) is 2.77. The van der Waals surface area contributed by atoms with Gasteiger partial charge in [-0.2, -0.15) is 13.2 Å². The van der Waals surface area contributed by atoms with Gasteiger partial charge in [0, 0.05) is 12.1 Å². The maximum atomic E-state index is 13.2. The lowest BCUT2D eigenvalue weighted by molar-refractivity contribution is -0.136. The van der Waals surface area contributed by atoms with Crippen LogP contribution in [0.3, 0.4) is 0 Å². The summed E-state index contributed by atoms with van der Waals surface area (Å²) in [4.78, 5) is 4.38. The van der Waals surface area contributed by atoms with Crippen LogP contribution in [0.25, 0.3) is 6.08 Å². The molecule has 0 saturated carbocycles. The van der Waals surface area contributed by atoms with Crippen LogP contribution in [-0.2, 0) is 6.18 Å². The first-order chi connectivity index (χ1) is 11.9. The minimum atomic E-state index is -4.43. The monoisotopic (exact) mass is 384 g/mol. The van der Waals surface area contributed by atoms with E-state index in [1.807, 2.05) is 0 Å². The van der Waals surface area contributed by atoms with E-state index < -0.39 is 11.7 Å². The second-order valence-electron chi connectivity index (χ2n) is 5.43. The predicted molar refractivity (Wildman–Crippen MR) is 96.8 cm³/mol. The lowest BCUT2D eigenvalue weighted by Crippen LogP contribution is -2.13. The van der Waals surface area contributed by atoms with Gasteiger partial charge in [0.2, 0.25) is 0 Å². The van der Waals surface area contributed by atoms with Crippen molar-refractivity contribution in [2.75, 3.05) is 18.4 Å². The quantitative estimate of drug-likeness (QED) is 0.680. The van der Waals surface area contributed by atoms with Gasteiger partial charge in [0.25, 0.3) is 0 Å². The second-order valence-corrected chi connectivity index (χ2v) is 6.24. The number of alkyl halides is 3. The normalized spacial score (nSPS) is 14.7. The fraction of sp³-hybridized carbons (Fsp3) is 0.167. The maximum absolute atomic E-state index is 13.2. The molecule has 0 aromatic heterocycles. The Kier molecular flexibility index (Phi) is 5.06. The number of halogens is 5. The van der Waals surface area contributed by atoms with Crippen LogP contribution in [0, 0.1) is 0 Å². The minimum Gasteiger partial charge on any atom is -0.382 e. The van der Waals surface area contributed by atoms with Gasteiger partial charge in [-0.3, -0.25) is 4.99 Å². The van der Waals surface area contributed by atoms with Gasteiger partial charge in [0.05, 0.1) is 33.6 Å². The molecule has 0 bridgehead atoms. The number of benzodiazepines with no additional fused rings is 1. The molecule has 0 fully saturated rings. The summed E-state index contributed by atoms with van der Waals surface area (Å²) in [6.45, 7) is 0.719. The first kappa shape index (κ1) is 17.8. The average molecular weight is 385 g/mol. The van der Waals surface area contributed by atoms with Crippen molar-refractivity contribution in [2.24, 2.45) is 4.99 Å². The Labute approximate surface area is 153 Å². The van der Waals surface area contributed by atoms with Gasteiger partial charge in [-0.05, 0) is 29.8 Å². The smallest absolute Gasteiger partial charge is 0.382 e. The van der Waals surface area contributed by atoms with Gasteiger partial charge in [0.15, 0.2) is 0 Å². The van der Waals surface area contributed by atoms with Gasteiger partial charge < -0.3 is 5.32 Å². The molecule has 130 valence electrons. The SMILES string of the molecule is FC(F)(F)c1cccc2c1NCCN=C2C=Cc1ccc(Cl)c(Cl)c1. The third-order valence-electron chi connectivity index (χ3n) is 3.72. The van der Waals surface area contributed by atoms with E-state index in [0.29, 0.717) is 34.4 Å². The van der Waals surface area contributed by atoms with E-state index in [4.69, 9.17) is 23.2 Å². The van der Waals surface area contributed by atoms with Gasteiger partial charge >= 0.3 is 6.18 Å². The molecule has 1 heterocycles. The van der Waals surface area contributed by atoms with E-state index in [-0.39, 0.29) is 5.69 Å². The Morgan fingerprint density at radius 3 is 2.56 bits per heavy atom. The molecule has 1 aliphatic heterocycles. The van der Waals surface area contributed by atoms with Crippen molar-refractivity contribution < 1.29 is 13.2 Å². The highest BCUT2D eigenvalue weighted by Gasteiger charge is 2.35. The van der Waals surface area contributed by atoms with Crippen LogP contribution >= 0.6 is 23.2 Å². The lowest BCUT2D eigenvalue weighted by atomic mass is 10.0. The molecule has 0 saturated heterocycles. The Balaban J connectivity index is 2.00. The van der Waals surface area contributed by atoms with Crippen LogP contribution in [0.2, 0.25) is 10.0 Å². The van der Waals surface area contributed by atoms with Crippen molar-refractivity contribution in [1.82, 2.24) is 0 Å². The first-order valence-electron chi connectivity index (χ1n) is 7.48. The highest BCUT2D eigenvalue weighted by Crippen LogP contribution is 2.37. The molecule has 0 spiro atoms. The number of anilines is 1. The molecular weight excluding hydrogens is 372 g/mol. The number of nitrogens with one attached hydrogen (secondary N) is 1. The fourth-order valence-corrected chi connectivity index (χ4v) is 2.88. The standard InChI is InChI=1S/C18H13Cl2F3N2/c19-14-6-4-11(10-15(14)20)5-7-16-12-2-1-3-13(18(21,22)23)17(12)25-9-8-24-16/h1-7,10,25H,8-9H2. The summed E-state index contributed by atoms with van der Waals surface area (Å²) >= 11 is 11.9. The molecule has 0 unspecified atom stereocenters. The molecular formula is C18H13Cl2F3N2. The number of allylic oxidation sites excluding steroid dienone is 1. The van der Waals surface area contributed by atoms with Crippen LogP contribution in [0.5, 0.6) is 0 Å². The molecule has 2 aromatic carbocycles. The molecule has 0 radical (unpaired) electrons. The van der Waals surface area contributed by atoms with Crippen molar-refractivity contribution in [2.45, 2.75) is 6.18 Å². The summed E-state index contributed by atoms with van der Waals surface area (Å²) in [5.41, 5.74) is 1.05. The van der Waals surface area contributed by atoms with Gasteiger partial charge in [-0.1, -0.05) is 47.5 Å². The van der Waals surface area contributed by atoms with E-state index in [1.54, 1.807) is 36.4 Å². The van der Waals surface area contributed by atoms with E-state index in [1.165, 1.54) is 6.07 Å². The van der Waals surface area contributed by atoms with Gasteiger partial charge in [-0.15, -0.1) is 0 Å². The number of benzene rings is 2. The molecule has 1 aliphatic rings. The molecule has 1 N–H and O–H groups in total. The summed E-state index contributed by atoms with van der Waals surface area (Å²) in [6, 6.07) is 9.20. The van der Waals surface area contributed by atoms with E-state index in [0.717, 1.165) is 11.6 Å². The molecule has 2 nitrogen and oxygen atoms in total. The van der Waals surface area contributed by atoms with Crippen molar-refractivity contribution >= 4 is 40.7 Å². The number of para-hydroxylation sites is 1. The first-order valence-corrected chi connectivity index (χ1v) is 8.24.